The molecule has 0 atom stereocenters. The molecule has 28 heavy (non-hydrogen) atoms. The maximum absolute atomic E-state index is 12.4. The first kappa shape index (κ1) is 19.9. The minimum atomic E-state index is -0.434. The molecule has 0 bridgehead atoms. The number of carbonyl (C=O) groups excluding carboxylic acids is 4. The topological polar surface area (TPSA) is 105 Å². The second-order valence-electron chi connectivity index (χ2n) is 6.98. The summed E-state index contributed by atoms with van der Waals surface area (Å²) < 4.78 is 20.5. The third kappa shape index (κ3) is 4.68. The molecular formula is C20H22O8. The summed E-state index contributed by atoms with van der Waals surface area (Å²) >= 11 is 0. The summed E-state index contributed by atoms with van der Waals surface area (Å²) in [6.07, 6.45) is 6.76. The quantitative estimate of drug-likeness (QED) is 0.379. The van der Waals surface area contributed by atoms with E-state index < -0.39 is 11.9 Å². The van der Waals surface area contributed by atoms with Crippen LogP contribution in [0.5, 0.6) is 23.0 Å². The van der Waals surface area contributed by atoms with Gasteiger partial charge in [-0.25, -0.2) is 0 Å². The van der Waals surface area contributed by atoms with Gasteiger partial charge in [-0.3, -0.25) is 19.2 Å². The van der Waals surface area contributed by atoms with Gasteiger partial charge in [-0.15, -0.1) is 0 Å². The molecule has 0 aliphatic heterocycles. The number of ether oxygens (including phenoxy) is 4. The highest BCUT2D eigenvalue weighted by molar-refractivity contribution is 5.80. The van der Waals surface area contributed by atoms with E-state index in [1.165, 1.54) is 12.1 Å². The Bertz CT molecular complexity index is 682. The lowest BCUT2D eigenvalue weighted by Gasteiger charge is -2.16. The fourth-order valence-electron chi connectivity index (χ4n) is 3.68. The van der Waals surface area contributed by atoms with Crippen molar-refractivity contribution in [2.24, 2.45) is 11.8 Å². The average Bonchev–Trinajstić information content (AvgIpc) is 3.39. The Labute approximate surface area is 162 Å². The zero-order chi connectivity index (χ0) is 19.9. The summed E-state index contributed by atoms with van der Waals surface area (Å²) in [5.74, 6) is -1.68. The minimum Gasteiger partial charge on any atom is -0.425 e. The number of hydrogen-bond donors (Lipinski definition) is 0. The number of esters is 2. The van der Waals surface area contributed by atoms with Crippen LogP contribution in [0.15, 0.2) is 12.1 Å². The molecule has 0 amide bonds. The molecule has 2 fully saturated rings. The Morgan fingerprint density at radius 3 is 1.36 bits per heavy atom. The summed E-state index contributed by atoms with van der Waals surface area (Å²) in [6, 6.07) is 2.41. The Morgan fingerprint density at radius 1 is 0.679 bits per heavy atom. The fraction of sp³-hybridized carbons (Fsp3) is 0.500. The van der Waals surface area contributed by atoms with Gasteiger partial charge in [0.1, 0.15) is 0 Å². The molecule has 8 heteroatoms. The molecular weight excluding hydrogens is 368 g/mol. The smallest absolute Gasteiger partial charge is 0.314 e. The van der Waals surface area contributed by atoms with E-state index in [-0.39, 0.29) is 47.8 Å². The van der Waals surface area contributed by atoms with Crippen LogP contribution in [0, 0.1) is 11.8 Å². The lowest BCUT2D eigenvalue weighted by molar-refractivity contribution is -0.141. The van der Waals surface area contributed by atoms with E-state index in [2.05, 4.69) is 0 Å². The predicted octanol–water partition coefficient (Wildman–Crippen LogP) is 2.95. The molecule has 2 aliphatic rings. The van der Waals surface area contributed by atoms with Crippen molar-refractivity contribution in [2.45, 2.75) is 51.4 Å². The van der Waals surface area contributed by atoms with Crippen molar-refractivity contribution in [1.82, 2.24) is 0 Å². The van der Waals surface area contributed by atoms with E-state index in [1.54, 1.807) is 0 Å². The maximum Gasteiger partial charge on any atom is 0.314 e. The van der Waals surface area contributed by atoms with Crippen LogP contribution in [0.1, 0.15) is 51.4 Å². The molecule has 0 spiro atoms. The molecule has 0 saturated heterocycles. The molecule has 2 saturated carbocycles. The van der Waals surface area contributed by atoms with Crippen LogP contribution in [0.2, 0.25) is 0 Å². The first-order chi connectivity index (χ1) is 13.6. The summed E-state index contributed by atoms with van der Waals surface area (Å²) in [7, 11) is 0. The van der Waals surface area contributed by atoms with Crippen LogP contribution in [0.25, 0.3) is 0 Å². The summed E-state index contributed by atoms with van der Waals surface area (Å²) in [6.45, 7) is 0.305. The lowest BCUT2D eigenvalue weighted by atomic mass is 10.1. The van der Waals surface area contributed by atoms with E-state index in [4.69, 9.17) is 18.9 Å². The van der Waals surface area contributed by atoms with Crippen molar-refractivity contribution in [1.29, 1.82) is 0 Å². The van der Waals surface area contributed by atoms with Crippen LogP contribution in [-0.4, -0.2) is 24.9 Å². The van der Waals surface area contributed by atoms with Gasteiger partial charge in [-0.2, -0.15) is 0 Å². The fourth-order valence-corrected chi connectivity index (χ4v) is 3.68. The van der Waals surface area contributed by atoms with Crippen molar-refractivity contribution < 1.29 is 38.1 Å². The third-order valence-corrected chi connectivity index (χ3v) is 5.16. The second kappa shape index (κ2) is 9.34. The zero-order valence-corrected chi connectivity index (χ0v) is 15.4. The molecule has 0 heterocycles. The van der Waals surface area contributed by atoms with Gasteiger partial charge >= 0.3 is 11.9 Å². The minimum absolute atomic E-state index is 0.0571. The molecule has 3 rings (SSSR count). The van der Waals surface area contributed by atoms with Crippen molar-refractivity contribution in [2.75, 3.05) is 0 Å². The van der Waals surface area contributed by atoms with Crippen LogP contribution < -0.4 is 18.9 Å². The first-order valence-corrected chi connectivity index (χ1v) is 9.44. The Morgan fingerprint density at radius 2 is 1.04 bits per heavy atom. The first-order valence-electron chi connectivity index (χ1n) is 9.44. The van der Waals surface area contributed by atoms with Crippen LogP contribution in [-0.2, 0) is 19.2 Å². The van der Waals surface area contributed by atoms with Gasteiger partial charge in [0.25, 0.3) is 12.9 Å². The van der Waals surface area contributed by atoms with Gasteiger partial charge in [0.15, 0.2) is 23.0 Å². The van der Waals surface area contributed by atoms with E-state index in [1.807, 2.05) is 0 Å². The number of carbonyl (C=O) groups is 4. The normalized spacial score (nSPS) is 17.1. The highest BCUT2D eigenvalue weighted by Crippen LogP contribution is 2.41. The highest BCUT2D eigenvalue weighted by Gasteiger charge is 2.29. The van der Waals surface area contributed by atoms with Crippen LogP contribution in [0.3, 0.4) is 0 Å². The lowest BCUT2D eigenvalue weighted by Crippen LogP contribution is -2.21. The molecule has 1 aromatic carbocycles. The van der Waals surface area contributed by atoms with Crippen LogP contribution >= 0.6 is 0 Å². The third-order valence-electron chi connectivity index (χ3n) is 5.16. The van der Waals surface area contributed by atoms with Gasteiger partial charge in [0.05, 0.1) is 11.8 Å². The average molecular weight is 390 g/mol. The van der Waals surface area contributed by atoms with E-state index in [0.717, 1.165) is 51.4 Å². The van der Waals surface area contributed by atoms with Gasteiger partial charge < -0.3 is 18.9 Å². The Kier molecular flexibility index (Phi) is 6.62. The molecule has 0 aromatic heterocycles. The maximum atomic E-state index is 12.4. The predicted molar refractivity (Wildman–Crippen MR) is 95.0 cm³/mol. The van der Waals surface area contributed by atoms with Crippen molar-refractivity contribution in [3.8, 4) is 23.0 Å². The number of benzene rings is 1. The molecule has 1 aromatic rings. The van der Waals surface area contributed by atoms with Gasteiger partial charge in [0.2, 0.25) is 0 Å². The second-order valence-corrected chi connectivity index (χ2v) is 6.98. The Balaban J connectivity index is 1.88. The molecule has 0 unspecified atom stereocenters. The largest absolute Gasteiger partial charge is 0.425 e. The highest BCUT2D eigenvalue weighted by atomic mass is 16.6. The van der Waals surface area contributed by atoms with Crippen molar-refractivity contribution in [3.63, 3.8) is 0 Å². The Hall–Kier alpha value is -2.90. The van der Waals surface area contributed by atoms with E-state index in [0.29, 0.717) is 0 Å². The number of rotatable bonds is 8. The molecule has 2 aliphatic carbocycles. The van der Waals surface area contributed by atoms with Crippen LogP contribution in [0.4, 0.5) is 0 Å². The van der Waals surface area contributed by atoms with Gasteiger partial charge in [-0.1, -0.05) is 25.7 Å². The van der Waals surface area contributed by atoms with Crippen molar-refractivity contribution in [3.05, 3.63) is 12.1 Å². The summed E-state index contributed by atoms with van der Waals surface area (Å²) in [5.41, 5.74) is 0. The number of hydrogen-bond acceptors (Lipinski definition) is 8. The standard InChI is InChI=1S/C20H22O8/c21-11-25-15-9-17(27-19(23)13-5-1-2-6-13)18(10-16(15)26-12-22)28-20(24)14-7-3-4-8-14/h9-14H,1-8H2. The van der Waals surface area contributed by atoms with E-state index >= 15 is 0 Å². The zero-order valence-electron chi connectivity index (χ0n) is 15.4. The SMILES string of the molecule is O=COc1cc(OC(=O)C2CCCC2)c(OC(=O)C2CCCC2)cc1OC=O. The van der Waals surface area contributed by atoms with Crippen molar-refractivity contribution >= 4 is 24.9 Å². The van der Waals surface area contributed by atoms with Gasteiger partial charge in [-0.05, 0) is 25.7 Å². The summed E-state index contributed by atoms with van der Waals surface area (Å²) in [5, 5.41) is 0. The molecule has 150 valence electrons. The molecule has 8 nitrogen and oxygen atoms in total. The van der Waals surface area contributed by atoms with Gasteiger partial charge in [0, 0.05) is 12.1 Å². The molecule has 0 radical (unpaired) electrons. The summed E-state index contributed by atoms with van der Waals surface area (Å²) in [4.78, 5) is 46.4. The monoisotopic (exact) mass is 390 g/mol. The van der Waals surface area contributed by atoms with E-state index in [9.17, 15) is 19.2 Å². The molecule has 0 N–H and O–H groups in total.